The number of carbonyl (C=O) groups is 2. The molecular formula is C17H27BrN4O4. The summed E-state index contributed by atoms with van der Waals surface area (Å²) in [6.45, 7) is 11.2. The number of pyridine rings is 1. The molecule has 0 radical (unpaired) electrons. The predicted octanol–water partition coefficient (Wildman–Crippen LogP) is 3.61. The molecule has 0 aliphatic carbocycles. The molecule has 26 heavy (non-hydrogen) atoms. The molecule has 1 heterocycles. The number of carbonyl (C=O) groups excluding carboxylic acids is 2. The minimum atomic E-state index is -0.632. The Morgan fingerprint density at radius 1 is 1.12 bits per heavy atom. The summed E-state index contributed by atoms with van der Waals surface area (Å²) < 4.78 is 11.3. The topological polar surface area (TPSA) is 92.8 Å². The summed E-state index contributed by atoms with van der Waals surface area (Å²) in [5.41, 5.74) is 3.93. The molecule has 1 aromatic rings. The Labute approximate surface area is 162 Å². The lowest BCUT2D eigenvalue weighted by Crippen LogP contribution is -2.46. The molecule has 0 aliphatic heterocycles. The van der Waals surface area contributed by atoms with Crippen LogP contribution in [0.2, 0.25) is 0 Å². The molecule has 0 atom stereocenters. The van der Waals surface area contributed by atoms with Gasteiger partial charge in [-0.25, -0.2) is 20.0 Å². The second kappa shape index (κ2) is 9.18. The number of hydrazine groups is 1. The van der Waals surface area contributed by atoms with E-state index in [0.29, 0.717) is 5.82 Å². The monoisotopic (exact) mass is 430 g/mol. The number of nitrogens with one attached hydrogen (secondary N) is 2. The Hall–Kier alpha value is -1.87. The van der Waals surface area contributed by atoms with Crippen LogP contribution in [-0.4, -0.2) is 41.5 Å². The lowest BCUT2D eigenvalue weighted by atomic mass is 10.2. The van der Waals surface area contributed by atoms with Gasteiger partial charge in [-0.2, -0.15) is 0 Å². The zero-order valence-electron chi connectivity index (χ0n) is 16.1. The van der Waals surface area contributed by atoms with Gasteiger partial charge in [0.2, 0.25) is 0 Å². The van der Waals surface area contributed by atoms with E-state index in [9.17, 15) is 9.59 Å². The van der Waals surface area contributed by atoms with E-state index in [0.717, 1.165) is 4.47 Å². The largest absolute Gasteiger partial charge is 0.443 e. The number of anilines is 1. The average Bonchev–Trinajstić information content (AvgIpc) is 2.44. The highest BCUT2D eigenvalue weighted by atomic mass is 79.9. The molecule has 0 spiro atoms. The van der Waals surface area contributed by atoms with Crippen molar-refractivity contribution in [1.82, 2.24) is 15.8 Å². The first-order chi connectivity index (χ1) is 11.9. The van der Waals surface area contributed by atoms with Crippen LogP contribution in [0, 0.1) is 0 Å². The van der Waals surface area contributed by atoms with Crippen molar-refractivity contribution in [2.45, 2.75) is 52.7 Å². The maximum absolute atomic E-state index is 12.5. The lowest BCUT2D eigenvalue weighted by Gasteiger charge is -2.27. The maximum Gasteiger partial charge on any atom is 0.422 e. The van der Waals surface area contributed by atoms with Gasteiger partial charge in [0.15, 0.2) is 0 Å². The van der Waals surface area contributed by atoms with E-state index in [2.05, 4.69) is 31.8 Å². The van der Waals surface area contributed by atoms with Crippen molar-refractivity contribution in [3.05, 3.63) is 22.8 Å². The Balaban J connectivity index is 2.67. The fourth-order valence-electron chi connectivity index (χ4n) is 1.75. The molecule has 1 rings (SSSR count). The highest BCUT2D eigenvalue weighted by Crippen LogP contribution is 2.18. The lowest BCUT2D eigenvalue weighted by molar-refractivity contribution is 0.0499. The first-order valence-corrected chi connectivity index (χ1v) is 9.00. The van der Waals surface area contributed by atoms with E-state index in [1.54, 1.807) is 59.9 Å². The van der Waals surface area contributed by atoms with Gasteiger partial charge in [0.1, 0.15) is 17.0 Å². The SMILES string of the molecule is CC(C)(C)OC(=O)NNCCN(C(=O)OC(C)(C)C)c1ccc(Br)cn1. The van der Waals surface area contributed by atoms with E-state index in [1.807, 2.05) is 0 Å². The Kier molecular flexibility index (Phi) is 7.83. The van der Waals surface area contributed by atoms with Crippen molar-refractivity contribution in [3.63, 3.8) is 0 Å². The molecule has 0 aliphatic rings. The summed E-state index contributed by atoms with van der Waals surface area (Å²) in [5.74, 6) is 0.446. The zero-order valence-corrected chi connectivity index (χ0v) is 17.6. The highest BCUT2D eigenvalue weighted by molar-refractivity contribution is 9.10. The first kappa shape index (κ1) is 22.2. The Morgan fingerprint density at radius 2 is 1.73 bits per heavy atom. The average molecular weight is 431 g/mol. The maximum atomic E-state index is 12.5. The van der Waals surface area contributed by atoms with Crippen LogP contribution < -0.4 is 15.8 Å². The normalized spacial score (nSPS) is 11.7. The van der Waals surface area contributed by atoms with Crippen molar-refractivity contribution >= 4 is 33.9 Å². The van der Waals surface area contributed by atoms with Gasteiger partial charge in [0, 0.05) is 23.8 Å². The third kappa shape index (κ3) is 9.00. The number of rotatable bonds is 5. The van der Waals surface area contributed by atoms with E-state index in [1.165, 1.54) is 4.90 Å². The van der Waals surface area contributed by atoms with Gasteiger partial charge in [-0.3, -0.25) is 10.3 Å². The van der Waals surface area contributed by atoms with Crippen molar-refractivity contribution in [2.75, 3.05) is 18.0 Å². The molecule has 0 fully saturated rings. The molecular weight excluding hydrogens is 404 g/mol. The minimum Gasteiger partial charge on any atom is -0.443 e. The number of ether oxygens (including phenoxy) is 2. The predicted molar refractivity (Wildman–Crippen MR) is 103 cm³/mol. The van der Waals surface area contributed by atoms with Crippen molar-refractivity contribution in [3.8, 4) is 0 Å². The first-order valence-electron chi connectivity index (χ1n) is 8.21. The Bertz CT molecular complexity index is 609. The third-order valence-corrected chi connectivity index (χ3v) is 3.12. The molecule has 0 aromatic carbocycles. The molecule has 9 heteroatoms. The van der Waals surface area contributed by atoms with Crippen LogP contribution >= 0.6 is 15.9 Å². The third-order valence-electron chi connectivity index (χ3n) is 2.65. The van der Waals surface area contributed by atoms with Crippen LogP contribution in [0.3, 0.4) is 0 Å². The molecule has 0 saturated carbocycles. The highest BCUT2D eigenvalue weighted by Gasteiger charge is 2.24. The number of halogens is 1. The van der Waals surface area contributed by atoms with Gasteiger partial charge in [-0.05, 0) is 69.6 Å². The van der Waals surface area contributed by atoms with Gasteiger partial charge < -0.3 is 9.47 Å². The van der Waals surface area contributed by atoms with Crippen LogP contribution in [0.25, 0.3) is 0 Å². The molecule has 1 aromatic heterocycles. The summed E-state index contributed by atoms with van der Waals surface area (Å²) in [6.07, 6.45) is 0.480. The number of hydrogen-bond donors (Lipinski definition) is 2. The quantitative estimate of drug-likeness (QED) is 0.547. The van der Waals surface area contributed by atoms with Gasteiger partial charge in [0.05, 0.1) is 0 Å². The standard InChI is InChI=1S/C17H27BrN4O4/c1-16(2,3)25-14(23)21-20-9-10-22(15(24)26-17(4,5)6)13-8-7-12(18)11-19-13/h7-8,11,20H,9-10H2,1-6H3,(H,21,23). The van der Waals surface area contributed by atoms with Gasteiger partial charge in [-0.15, -0.1) is 0 Å². The summed E-state index contributed by atoms with van der Waals surface area (Å²) in [6, 6.07) is 3.49. The number of aromatic nitrogens is 1. The summed E-state index contributed by atoms with van der Waals surface area (Å²) in [5, 5.41) is 0. The van der Waals surface area contributed by atoms with Crippen LogP contribution in [0.4, 0.5) is 15.4 Å². The molecule has 0 bridgehead atoms. The molecule has 2 N–H and O–H groups in total. The van der Waals surface area contributed by atoms with Crippen LogP contribution in [0.1, 0.15) is 41.5 Å². The second-order valence-electron chi connectivity index (χ2n) is 7.52. The molecule has 8 nitrogen and oxygen atoms in total. The van der Waals surface area contributed by atoms with E-state index in [4.69, 9.17) is 9.47 Å². The van der Waals surface area contributed by atoms with Crippen LogP contribution in [0.5, 0.6) is 0 Å². The van der Waals surface area contributed by atoms with E-state index in [-0.39, 0.29) is 13.1 Å². The van der Waals surface area contributed by atoms with Gasteiger partial charge in [-0.1, -0.05) is 0 Å². The van der Waals surface area contributed by atoms with Gasteiger partial charge >= 0.3 is 12.2 Å². The van der Waals surface area contributed by atoms with Crippen LogP contribution in [0.15, 0.2) is 22.8 Å². The van der Waals surface area contributed by atoms with Crippen molar-refractivity contribution in [2.24, 2.45) is 0 Å². The van der Waals surface area contributed by atoms with Crippen molar-refractivity contribution in [1.29, 1.82) is 0 Å². The van der Waals surface area contributed by atoms with Crippen molar-refractivity contribution < 1.29 is 19.1 Å². The molecule has 0 unspecified atom stereocenters. The summed E-state index contributed by atoms with van der Waals surface area (Å²) >= 11 is 3.31. The number of hydrogen-bond acceptors (Lipinski definition) is 6. The Morgan fingerprint density at radius 3 is 2.23 bits per heavy atom. The fraction of sp³-hybridized carbons (Fsp3) is 0.588. The summed E-state index contributed by atoms with van der Waals surface area (Å²) in [7, 11) is 0. The number of nitrogens with zero attached hydrogens (tertiary/aromatic N) is 2. The van der Waals surface area contributed by atoms with Gasteiger partial charge in [0.25, 0.3) is 0 Å². The second-order valence-corrected chi connectivity index (χ2v) is 8.44. The fourth-order valence-corrected chi connectivity index (χ4v) is 1.98. The molecule has 146 valence electrons. The summed E-state index contributed by atoms with van der Waals surface area (Å²) in [4.78, 5) is 29.7. The smallest absolute Gasteiger partial charge is 0.422 e. The van der Waals surface area contributed by atoms with E-state index < -0.39 is 23.4 Å². The minimum absolute atomic E-state index is 0.235. The van der Waals surface area contributed by atoms with Crippen LogP contribution in [-0.2, 0) is 9.47 Å². The molecule has 2 amide bonds. The van der Waals surface area contributed by atoms with E-state index >= 15 is 0 Å². The molecule has 0 saturated heterocycles. The zero-order chi connectivity index (χ0) is 20.0. The number of amides is 2.